The highest BCUT2D eigenvalue weighted by Crippen LogP contribution is 2.42. The minimum atomic E-state index is -0.641. The van der Waals surface area contributed by atoms with Crippen molar-refractivity contribution in [2.45, 2.75) is 45.6 Å². The molecule has 4 rings (SSSR count). The molecule has 2 heterocycles. The molecule has 0 aromatic heterocycles. The Bertz CT molecular complexity index is 1170. The molecule has 36 heavy (non-hydrogen) atoms. The van der Waals surface area contributed by atoms with Gasteiger partial charge in [-0.1, -0.05) is 20.8 Å². The van der Waals surface area contributed by atoms with Crippen molar-refractivity contribution in [2.75, 3.05) is 45.9 Å². The van der Waals surface area contributed by atoms with Crippen LogP contribution in [0.25, 0.3) is 0 Å². The number of rotatable bonds is 7. The summed E-state index contributed by atoms with van der Waals surface area (Å²) in [5.74, 6) is 0.233. The Morgan fingerprint density at radius 2 is 1.67 bits per heavy atom. The van der Waals surface area contributed by atoms with Gasteiger partial charge in [0.2, 0.25) is 0 Å². The summed E-state index contributed by atoms with van der Waals surface area (Å²) in [7, 11) is 4.48. The average molecular weight is 564 g/mol. The smallest absolute Gasteiger partial charge is 0.197 e. The van der Waals surface area contributed by atoms with Gasteiger partial charge in [0.25, 0.3) is 0 Å². The molecule has 1 saturated heterocycles. The first-order valence-electron chi connectivity index (χ1n) is 11.9. The summed E-state index contributed by atoms with van der Waals surface area (Å²) in [6.45, 7) is 8.36. The van der Waals surface area contributed by atoms with Crippen LogP contribution >= 0.6 is 17.0 Å². The number of ether oxygens (including phenoxy) is 3. The highest BCUT2D eigenvalue weighted by atomic mass is 79.9. The summed E-state index contributed by atoms with van der Waals surface area (Å²) in [6, 6.07) is 5.48. The lowest BCUT2D eigenvalue weighted by atomic mass is 9.84. The summed E-state index contributed by atoms with van der Waals surface area (Å²) in [4.78, 5) is 17.4. The van der Waals surface area contributed by atoms with E-state index in [1.165, 1.54) is 14.2 Å². The standard InChI is InChI=1S/C27H34FN3O4.BrH/c1-27(2,3)18-11-16(12-19(24(18)34-5)30-9-7-8-10-30)20(32)15-31-14-17-13-21(33-4)25(35-6)23(28)22(17)26(31)29;/h11-13,29H,7-10,14-15H2,1-6H3;1H. The van der Waals surface area contributed by atoms with Crippen LogP contribution in [0.2, 0.25) is 0 Å². The highest BCUT2D eigenvalue weighted by Gasteiger charge is 2.34. The first-order valence-corrected chi connectivity index (χ1v) is 11.9. The quantitative estimate of drug-likeness (QED) is 0.457. The first-order chi connectivity index (χ1) is 16.6. The molecule has 1 N–H and O–H groups in total. The molecule has 0 radical (unpaired) electrons. The fourth-order valence-corrected chi connectivity index (χ4v) is 4.96. The van der Waals surface area contributed by atoms with Gasteiger partial charge < -0.3 is 24.0 Å². The monoisotopic (exact) mass is 563 g/mol. The van der Waals surface area contributed by atoms with Crippen LogP contribution in [0, 0.1) is 11.2 Å². The van der Waals surface area contributed by atoms with Crippen LogP contribution in [-0.4, -0.2) is 57.5 Å². The lowest BCUT2D eigenvalue weighted by Gasteiger charge is -2.29. The molecule has 0 atom stereocenters. The van der Waals surface area contributed by atoms with Crippen molar-refractivity contribution in [2.24, 2.45) is 0 Å². The molecular weight excluding hydrogens is 529 g/mol. The zero-order valence-electron chi connectivity index (χ0n) is 21.8. The van der Waals surface area contributed by atoms with Gasteiger partial charge in [-0.25, -0.2) is 4.39 Å². The summed E-state index contributed by atoms with van der Waals surface area (Å²) >= 11 is 0. The van der Waals surface area contributed by atoms with E-state index in [4.69, 9.17) is 19.6 Å². The second-order valence-electron chi connectivity index (χ2n) is 10.1. The van der Waals surface area contributed by atoms with Gasteiger partial charge in [0.1, 0.15) is 11.6 Å². The van der Waals surface area contributed by atoms with Crippen LogP contribution in [-0.2, 0) is 12.0 Å². The van der Waals surface area contributed by atoms with Crippen molar-refractivity contribution in [3.05, 3.63) is 46.3 Å². The maximum atomic E-state index is 15.1. The third-order valence-corrected chi connectivity index (χ3v) is 6.79. The Hall–Kier alpha value is -2.81. The third kappa shape index (κ3) is 4.90. The van der Waals surface area contributed by atoms with Crippen molar-refractivity contribution in [1.29, 1.82) is 5.41 Å². The first kappa shape index (κ1) is 27.8. The number of fused-ring (bicyclic) bond motifs is 1. The average Bonchev–Trinajstić information content (AvgIpc) is 3.46. The van der Waals surface area contributed by atoms with E-state index in [9.17, 15) is 4.79 Å². The van der Waals surface area contributed by atoms with E-state index in [1.54, 1.807) is 18.1 Å². The Labute approximate surface area is 222 Å². The topological polar surface area (TPSA) is 75.1 Å². The molecule has 0 saturated carbocycles. The molecular formula is C27H35BrFN3O4. The van der Waals surface area contributed by atoms with Crippen molar-refractivity contribution >= 4 is 34.3 Å². The normalized spacial score (nSPS) is 15.0. The molecule has 2 aromatic carbocycles. The number of anilines is 1. The highest BCUT2D eigenvalue weighted by molar-refractivity contribution is 8.93. The molecule has 0 unspecified atom stereocenters. The largest absolute Gasteiger partial charge is 0.494 e. The van der Waals surface area contributed by atoms with Crippen LogP contribution in [0.4, 0.5) is 10.1 Å². The fourth-order valence-electron chi connectivity index (χ4n) is 4.96. The van der Waals surface area contributed by atoms with Crippen LogP contribution in [0.3, 0.4) is 0 Å². The van der Waals surface area contributed by atoms with E-state index in [-0.39, 0.29) is 64.2 Å². The SMILES string of the molecule is Br.COc1cc2c(c(F)c1OC)C(=N)N(CC(=O)c1cc(N3CCCC3)c(OC)c(C(C)(C)C)c1)C2. The Balaban J connectivity index is 0.00000361. The number of halogens is 2. The van der Waals surface area contributed by atoms with Gasteiger partial charge in [-0.3, -0.25) is 10.2 Å². The number of carbonyl (C=O) groups is 1. The second kappa shape index (κ2) is 10.7. The zero-order valence-corrected chi connectivity index (χ0v) is 23.5. The molecule has 0 spiro atoms. The maximum absolute atomic E-state index is 15.1. The molecule has 2 aliphatic heterocycles. The Morgan fingerprint density at radius 3 is 2.22 bits per heavy atom. The number of benzene rings is 2. The second-order valence-corrected chi connectivity index (χ2v) is 10.1. The van der Waals surface area contributed by atoms with E-state index < -0.39 is 5.82 Å². The Kier molecular flexibility index (Phi) is 8.23. The van der Waals surface area contributed by atoms with Crippen LogP contribution in [0.15, 0.2) is 18.2 Å². The number of hydrogen-bond donors (Lipinski definition) is 1. The Morgan fingerprint density at radius 1 is 1.03 bits per heavy atom. The van der Waals surface area contributed by atoms with Crippen molar-refractivity contribution < 1.29 is 23.4 Å². The van der Waals surface area contributed by atoms with E-state index in [0.29, 0.717) is 11.1 Å². The minimum absolute atomic E-state index is 0. The van der Waals surface area contributed by atoms with Gasteiger partial charge in [-0.15, -0.1) is 17.0 Å². The lowest BCUT2D eigenvalue weighted by Crippen LogP contribution is -2.31. The predicted octanol–water partition coefficient (Wildman–Crippen LogP) is 5.35. The minimum Gasteiger partial charge on any atom is -0.494 e. The summed E-state index contributed by atoms with van der Waals surface area (Å²) in [6.07, 6.45) is 2.21. The van der Waals surface area contributed by atoms with E-state index in [0.717, 1.165) is 42.9 Å². The van der Waals surface area contributed by atoms with Crippen molar-refractivity contribution in [3.63, 3.8) is 0 Å². The fraction of sp³-hybridized carbons (Fsp3) is 0.481. The van der Waals surface area contributed by atoms with Gasteiger partial charge in [-0.05, 0) is 42.0 Å². The number of Topliss-reactive ketones (excluding diaryl/α,β-unsaturated/α-hetero) is 1. The molecule has 196 valence electrons. The van der Waals surface area contributed by atoms with Crippen LogP contribution in [0.1, 0.15) is 60.7 Å². The number of nitrogens with one attached hydrogen (secondary N) is 1. The molecule has 2 aromatic rings. The number of carbonyl (C=O) groups excluding carboxylic acids is 1. The molecule has 0 bridgehead atoms. The lowest BCUT2D eigenvalue weighted by molar-refractivity contribution is 0.0962. The maximum Gasteiger partial charge on any atom is 0.197 e. The number of ketones is 1. The van der Waals surface area contributed by atoms with Crippen LogP contribution in [0.5, 0.6) is 17.2 Å². The number of hydrogen-bond acceptors (Lipinski definition) is 6. The molecule has 0 amide bonds. The molecule has 2 aliphatic rings. The number of methoxy groups -OCH3 is 3. The zero-order chi connectivity index (χ0) is 25.5. The van der Waals surface area contributed by atoms with Gasteiger partial charge in [0.15, 0.2) is 23.1 Å². The summed E-state index contributed by atoms with van der Waals surface area (Å²) < 4.78 is 31.4. The molecule has 9 heteroatoms. The number of amidine groups is 1. The van der Waals surface area contributed by atoms with Gasteiger partial charge in [0, 0.05) is 30.8 Å². The van der Waals surface area contributed by atoms with E-state index in [2.05, 4.69) is 25.7 Å². The molecule has 1 fully saturated rings. The van der Waals surface area contributed by atoms with Gasteiger partial charge >= 0.3 is 0 Å². The van der Waals surface area contributed by atoms with Crippen molar-refractivity contribution in [3.8, 4) is 17.2 Å². The van der Waals surface area contributed by atoms with Crippen molar-refractivity contribution in [1.82, 2.24) is 4.90 Å². The third-order valence-electron chi connectivity index (χ3n) is 6.79. The number of nitrogens with zero attached hydrogens (tertiary/aromatic N) is 2. The van der Waals surface area contributed by atoms with E-state index in [1.807, 2.05) is 12.1 Å². The summed E-state index contributed by atoms with van der Waals surface area (Å²) in [5.41, 5.74) is 2.98. The van der Waals surface area contributed by atoms with Gasteiger partial charge in [0.05, 0.1) is 39.1 Å². The van der Waals surface area contributed by atoms with Crippen LogP contribution < -0.4 is 19.1 Å². The van der Waals surface area contributed by atoms with E-state index >= 15 is 4.39 Å². The van der Waals surface area contributed by atoms with Gasteiger partial charge in [-0.2, -0.15) is 0 Å². The molecule has 0 aliphatic carbocycles. The predicted molar refractivity (Wildman–Crippen MR) is 145 cm³/mol. The molecule has 7 nitrogen and oxygen atoms in total. The summed E-state index contributed by atoms with van der Waals surface area (Å²) in [5, 5.41) is 8.58.